The van der Waals surface area contributed by atoms with Gasteiger partial charge >= 0.3 is 5.97 Å². The quantitative estimate of drug-likeness (QED) is 0.434. The highest BCUT2D eigenvalue weighted by atomic mass is 32.2. The van der Waals surface area contributed by atoms with Gasteiger partial charge in [0.05, 0.1) is 15.8 Å². The Hall–Kier alpha value is -2.38. The molecule has 0 bridgehead atoms. The topological polar surface area (TPSA) is 68.3 Å². The summed E-state index contributed by atoms with van der Waals surface area (Å²) in [4.78, 5) is 28.3. The maximum Gasteiger partial charge on any atom is 0.338 e. The molecule has 0 fully saturated rings. The summed E-state index contributed by atoms with van der Waals surface area (Å²) in [6.45, 7) is 4.31. The summed E-state index contributed by atoms with van der Waals surface area (Å²) in [6.07, 6.45) is 0. The summed E-state index contributed by atoms with van der Waals surface area (Å²) in [5.41, 5.74) is 2.55. The maximum absolute atomic E-state index is 12.1. The van der Waals surface area contributed by atoms with E-state index in [0.29, 0.717) is 18.0 Å². The largest absolute Gasteiger partial charge is 0.452 e. The number of amides is 1. The van der Waals surface area contributed by atoms with E-state index in [4.69, 9.17) is 4.74 Å². The predicted octanol–water partition coefficient (Wildman–Crippen LogP) is 4.52. The molecule has 3 rings (SSSR count). The number of thiazole rings is 1. The summed E-state index contributed by atoms with van der Waals surface area (Å²) in [5.74, 6) is 0.344. The van der Waals surface area contributed by atoms with Crippen molar-refractivity contribution in [1.29, 1.82) is 0 Å². The molecule has 0 saturated carbocycles. The van der Waals surface area contributed by atoms with Gasteiger partial charge in [-0.2, -0.15) is 0 Å². The maximum atomic E-state index is 12.1. The number of nitrogens with one attached hydrogen (secondary N) is 1. The Kier molecular flexibility index (Phi) is 7.06. The summed E-state index contributed by atoms with van der Waals surface area (Å²) in [5, 5.41) is 2.72. The smallest absolute Gasteiger partial charge is 0.338 e. The minimum absolute atomic E-state index is 0.263. The zero-order valence-corrected chi connectivity index (χ0v) is 17.4. The lowest BCUT2D eigenvalue weighted by atomic mass is 10.1. The third kappa shape index (κ3) is 5.81. The average Bonchev–Trinajstić information content (AvgIpc) is 3.12. The summed E-state index contributed by atoms with van der Waals surface area (Å²) in [7, 11) is 0. The molecule has 0 radical (unpaired) electrons. The molecule has 3 aromatic rings. The number of carbonyl (C=O) groups excluding carboxylic acids is 2. The molecule has 1 N–H and O–H groups in total. The van der Waals surface area contributed by atoms with E-state index in [1.54, 1.807) is 35.2 Å². The molecule has 0 aliphatic heterocycles. The molecule has 28 heavy (non-hydrogen) atoms. The molecule has 2 aromatic carbocycles. The second kappa shape index (κ2) is 9.71. The van der Waals surface area contributed by atoms with Gasteiger partial charge in [0, 0.05) is 12.3 Å². The van der Waals surface area contributed by atoms with Crippen LogP contribution in [-0.2, 0) is 15.3 Å². The third-order valence-electron chi connectivity index (χ3n) is 3.87. The number of benzene rings is 2. The highest BCUT2D eigenvalue weighted by Gasteiger charge is 2.11. The number of thioether (sulfide) groups is 1. The zero-order valence-electron chi connectivity index (χ0n) is 15.8. The average molecular weight is 415 g/mol. The number of nitrogens with zero attached hydrogens (tertiary/aromatic N) is 1. The van der Waals surface area contributed by atoms with Crippen molar-refractivity contribution in [2.45, 2.75) is 23.9 Å². The van der Waals surface area contributed by atoms with Crippen LogP contribution in [0.3, 0.4) is 0 Å². The molecular formula is C21H22N2O3S2. The fourth-order valence-corrected chi connectivity index (χ4v) is 4.40. The first-order valence-electron chi connectivity index (χ1n) is 9.02. The highest BCUT2D eigenvalue weighted by Crippen LogP contribution is 2.31. The van der Waals surface area contributed by atoms with Crippen LogP contribution in [0.4, 0.5) is 0 Å². The molecule has 0 atom stereocenters. The number of esters is 1. The van der Waals surface area contributed by atoms with Crippen molar-refractivity contribution >= 4 is 45.2 Å². The van der Waals surface area contributed by atoms with Gasteiger partial charge in [0.1, 0.15) is 0 Å². The summed E-state index contributed by atoms with van der Waals surface area (Å²) < 4.78 is 7.27. The Balaban J connectivity index is 1.48. The lowest BCUT2D eigenvalue weighted by molar-refractivity contribution is -0.124. The van der Waals surface area contributed by atoms with E-state index in [2.05, 4.69) is 16.4 Å². The molecule has 146 valence electrons. The second-order valence-corrected chi connectivity index (χ2v) is 8.96. The summed E-state index contributed by atoms with van der Waals surface area (Å²) >= 11 is 3.35. The van der Waals surface area contributed by atoms with Gasteiger partial charge in [0.15, 0.2) is 10.9 Å². The van der Waals surface area contributed by atoms with Gasteiger partial charge in [-0.15, -0.1) is 11.3 Å². The fourth-order valence-electron chi connectivity index (χ4n) is 2.38. The Morgan fingerprint density at radius 1 is 1.14 bits per heavy atom. The standard InChI is InChI=1S/C21H22N2O3S2/c1-14(2)11-22-19(24)12-26-20(25)16-9-7-15(8-10-16)13-27-21-23-17-5-3-4-6-18(17)28-21/h3-10,14H,11-13H2,1-2H3,(H,22,24). The van der Waals surface area contributed by atoms with Crippen molar-refractivity contribution in [3.05, 3.63) is 59.7 Å². The molecule has 0 unspecified atom stereocenters. The molecule has 0 aliphatic rings. The normalized spacial score (nSPS) is 11.0. The number of fused-ring (bicyclic) bond motifs is 1. The molecule has 0 saturated heterocycles. The minimum atomic E-state index is -0.495. The molecule has 0 aliphatic carbocycles. The van der Waals surface area contributed by atoms with Crippen LogP contribution in [0.25, 0.3) is 10.2 Å². The van der Waals surface area contributed by atoms with Crippen LogP contribution in [0.5, 0.6) is 0 Å². The molecule has 1 amide bonds. The van der Waals surface area contributed by atoms with E-state index in [9.17, 15) is 9.59 Å². The molecule has 5 nitrogen and oxygen atoms in total. The van der Waals surface area contributed by atoms with Crippen molar-refractivity contribution in [1.82, 2.24) is 10.3 Å². The first-order chi connectivity index (χ1) is 13.5. The number of para-hydroxylation sites is 1. The van der Waals surface area contributed by atoms with E-state index >= 15 is 0 Å². The first-order valence-corrected chi connectivity index (χ1v) is 10.8. The van der Waals surface area contributed by atoms with Crippen LogP contribution < -0.4 is 5.32 Å². The van der Waals surface area contributed by atoms with Gasteiger partial charge in [0.2, 0.25) is 0 Å². The van der Waals surface area contributed by atoms with Gasteiger partial charge < -0.3 is 10.1 Å². The van der Waals surface area contributed by atoms with Crippen LogP contribution in [0.15, 0.2) is 52.9 Å². The van der Waals surface area contributed by atoms with E-state index in [1.807, 2.05) is 44.2 Å². The molecule has 0 spiro atoms. The molecule has 7 heteroatoms. The van der Waals surface area contributed by atoms with E-state index in [1.165, 1.54) is 4.70 Å². The number of aromatic nitrogens is 1. The molecule has 1 heterocycles. The minimum Gasteiger partial charge on any atom is -0.452 e. The van der Waals surface area contributed by atoms with Crippen LogP contribution in [0.2, 0.25) is 0 Å². The van der Waals surface area contributed by atoms with E-state index < -0.39 is 5.97 Å². The zero-order chi connectivity index (χ0) is 19.9. The van der Waals surface area contributed by atoms with Crippen molar-refractivity contribution in [2.24, 2.45) is 5.92 Å². The molecule has 1 aromatic heterocycles. The number of ether oxygens (including phenoxy) is 1. The van der Waals surface area contributed by atoms with Crippen molar-refractivity contribution in [3.8, 4) is 0 Å². The van der Waals surface area contributed by atoms with Crippen LogP contribution in [-0.4, -0.2) is 30.0 Å². The molecular weight excluding hydrogens is 392 g/mol. The number of carbonyl (C=O) groups is 2. The Morgan fingerprint density at radius 2 is 1.89 bits per heavy atom. The van der Waals surface area contributed by atoms with Crippen molar-refractivity contribution < 1.29 is 14.3 Å². The second-order valence-electron chi connectivity index (χ2n) is 6.71. The van der Waals surface area contributed by atoms with Crippen molar-refractivity contribution in [3.63, 3.8) is 0 Å². The summed E-state index contributed by atoms with van der Waals surface area (Å²) in [6, 6.07) is 15.3. The Bertz CT molecular complexity index is 919. The van der Waals surface area contributed by atoms with Gasteiger partial charge in [-0.1, -0.05) is 49.9 Å². The van der Waals surface area contributed by atoms with Crippen LogP contribution in [0, 0.1) is 5.92 Å². The number of hydrogen-bond donors (Lipinski definition) is 1. The lowest BCUT2D eigenvalue weighted by Gasteiger charge is -2.08. The van der Waals surface area contributed by atoms with E-state index in [-0.39, 0.29) is 12.5 Å². The predicted molar refractivity (Wildman–Crippen MR) is 114 cm³/mol. The first kappa shape index (κ1) is 20.4. The monoisotopic (exact) mass is 414 g/mol. The van der Waals surface area contributed by atoms with Gasteiger partial charge in [-0.25, -0.2) is 9.78 Å². The van der Waals surface area contributed by atoms with E-state index in [0.717, 1.165) is 21.2 Å². The Labute approximate surface area is 172 Å². The van der Waals surface area contributed by atoms with Gasteiger partial charge in [-0.3, -0.25) is 4.79 Å². The SMILES string of the molecule is CC(C)CNC(=O)COC(=O)c1ccc(CSc2nc3ccccc3s2)cc1. The van der Waals surface area contributed by atoms with Crippen LogP contribution >= 0.6 is 23.1 Å². The van der Waals surface area contributed by atoms with Crippen LogP contribution in [0.1, 0.15) is 29.8 Å². The number of rotatable bonds is 8. The van der Waals surface area contributed by atoms with Gasteiger partial charge in [0.25, 0.3) is 5.91 Å². The fraction of sp³-hybridized carbons (Fsp3) is 0.286. The van der Waals surface area contributed by atoms with Crippen molar-refractivity contribution in [2.75, 3.05) is 13.2 Å². The highest BCUT2D eigenvalue weighted by molar-refractivity contribution is 8.00. The third-order valence-corrected chi connectivity index (χ3v) is 6.12. The lowest BCUT2D eigenvalue weighted by Crippen LogP contribution is -2.31. The Morgan fingerprint density at radius 3 is 2.61 bits per heavy atom. The number of hydrogen-bond acceptors (Lipinski definition) is 6. The van der Waals surface area contributed by atoms with Gasteiger partial charge in [-0.05, 0) is 35.7 Å².